The number of rotatable bonds is 4. The Bertz CT molecular complexity index is 470. The Balaban J connectivity index is 2.25. The van der Waals surface area contributed by atoms with Crippen molar-refractivity contribution >= 4 is 11.5 Å². The Labute approximate surface area is 112 Å². The first-order chi connectivity index (χ1) is 9.13. The van der Waals surface area contributed by atoms with E-state index in [4.69, 9.17) is 10.9 Å². The summed E-state index contributed by atoms with van der Waals surface area (Å²) in [6.07, 6.45) is 4.99. The van der Waals surface area contributed by atoms with Gasteiger partial charge in [-0.05, 0) is 30.9 Å². The molecule has 3 N–H and O–H groups in total. The van der Waals surface area contributed by atoms with Crippen LogP contribution in [0, 0.1) is 11.7 Å². The van der Waals surface area contributed by atoms with Crippen LogP contribution < -0.4 is 10.6 Å². The van der Waals surface area contributed by atoms with Gasteiger partial charge in [0.2, 0.25) is 0 Å². The molecule has 0 radical (unpaired) electrons. The average molecular weight is 265 g/mol. The molecule has 0 atom stereocenters. The number of benzene rings is 1. The Kier molecular flexibility index (Phi) is 4.24. The van der Waals surface area contributed by atoms with Crippen LogP contribution in [0.2, 0.25) is 0 Å². The van der Waals surface area contributed by atoms with E-state index in [0.29, 0.717) is 11.6 Å². The molecule has 0 unspecified atom stereocenters. The van der Waals surface area contributed by atoms with Gasteiger partial charge in [-0.15, -0.1) is 0 Å². The van der Waals surface area contributed by atoms with Crippen LogP contribution >= 0.6 is 0 Å². The summed E-state index contributed by atoms with van der Waals surface area (Å²) in [5.74, 6) is -0.00847. The van der Waals surface area contributed by atoms with E-state index in [1.807, 2.05) is 11.9 Å². The number of halogens is 1. The van der Waals surface area contributed by atoms with Gasteiger partial charge < -0.3 is 15.8 Å². The van der Waals surface area contributed by atoms with Gasteiger partial charge in [0, 0.05) is 13.6 Å². The number of nitrogens with zero attached hydrogens (tertiary/aromatic N) is 2. The third-order valence-corrected chi connectivity index (χ3v) is 3.77. The fourth-order valence-corrected chi connectivity index (χ4v) is 2.81. The van der Waals surface area contributed by atoms with Gasteiger partial charge in [-0.3, -0.25) is 0 Å². The molecular weight excluding hydrogens is 245 g/mol. The molecule has 0 aliphatic heterocycles. The highest BCUT2D eigenvalue weighted by Crippen LogP contribution is 2.28. The van der Waals surface area contributed by atoms with Gasteiger partial charge in [0.15, 0.2) is 5.84 Å². The maximum atomic E-state index is 13.9. The number of nitrogens with two attached hydrogens (primary N) is 1. The van der Waals surface area contributed by atoms with E-state index in [0.717, 1.165) is 6.54 Å². The van der Waals surface area contributed by atoms with E-state index >= 15 is 0 Å². The molecule has 0 saturated heterocycles. The minimum atomic E-state index is -0.467. The summed E-state index contributed by atoms with van der Waals surface area (Å²) in [7, 11) is 1.92. The van der Waals surface area contributed by atoms with Crippen LogP contribution in [0.15, 0.2) is 23.4 Å². The van der Waals surface area contributed by atoms with E-state index in [1.54, 1.807) is 12.1 Å². The van der Waals surface area contributed by atoms with Crippen LogP contribution in [0.5, 0.6) is 0 Å². The highest BCUT2D eigenvalue weighted by atomic mass is 19.1. The van der Waals surface area contributed by atoms with E-state index < -0.39 is 5.82 Å². The van der Waals surface area contributed by atoms with Gasteiger partial charge in [0.05, 0.1) is 11.3 Å². The predicted octanol–water partition coefficient (Wildman–Crippen LogP) is 2.55. The Morgan fingerprint density at radius 2 is 2.16 bits per heavy atom. The van der Waals surface area contributed by atoms with Gasteiger partial charge in [0.1, 0.15) is 5.82 Å². The molecule has 1 aliphatic rings. The van der Waals surface area contributed by atoms with Crippen LogP contribution in [0.3, 0.4) is 0 Å². The van der Waals surface area contributed by atoms with E-state index in [9.17, 15) is 4.39 Å². The third-order valence-electron chi connectivity index (χ3n) is 3.77. The zero-order valence-corrected chi connectivity index (χ0v) is 11.1. The summed E-state index contributed by atoms with van der Waals surface area (Å²) in [4.78, 5) is 1.99. The van der Waals surface area contributed by atoms with Crippen molar-refractivity contribution in [2.24, 2.45) is 16.8 Å². The quantitative estimate of drug-likeness (QED) is 0.380. The lowest BCUT2D eigenvalue weighted by Crippen LogP contribution is -2.28. The Morgan fingerprint density at radius 3 is 2.79 bits per heavy atom. The molecule has 0 spiro atoms. The Morgan fingerprint density at radius 1 is 1.47 bits per heavy atom. The van der Waals surface area contributed by atoms with Gasteiger partial charge >= 0.3 is 0 Å². The number of hydrogen-bond acceptors (Lipinski definition) is 3. The van der Waals surface area contributed by atoms with Gasteiger partial charge in [-0.2, -0.15) is 0 Å². The monoisotopic (exact) mass is 265 g/mol. The summed E-state index contributed by atoms with van der Waals surface area (Å²) in [5, 5.41) is 11.7. The highest BCUT2D eigenvalue weighted by molar-refractivity contribution is 6.02. The molecule has 104 valence electrons. The highest BCUT2D eigenvalue weighted by Gasteiger charge is 2.20. The molecule has 0 aromatic heterocycles. The molecule has 5 heteroatoms. The molecule has 0 amide bonds. The summed E-state index contributed by atoms with van der Waals surface area (Å²) < 4.78 is 13.9. The molecule has 4 nitrogen and oxygen atoms in total. The lowest BCUT2D eigenvalue weighted by molar-refractivity contribution is 0.318. The maximum absolute atomic E-state index is 13.9. The van der Waals surface area contributed by atoms with Crippen LogP contribution in [-0.4, -0.2) is 24.6 Å². The minimum Gasteiger partial charge on any atom is -0.409 e. The zero-order chi connectivity index (χ0) is 13.8. The van der Waals surface area contributed by atoms with Crippen LogP contribution in [0.25, 0.3) is 0 Å². The molecule has 0 bridgehead atoms. The standard InChI is InChI=1S/C14H20FN3O/c1-18(9-10-5-2-3-6-10)12-8-4-7-11(15)13(12)14(16)17-19/h4,7-8,10,19H,2-3,5-6,9H2,1H3,(H2,16,17). The van der Waals surface area contributed by atoms with Crippen LogP contribution in [-0.2, 0) is 0 Å². The normalized spacial score (nSPS) is 16.8. The molecule has 1 fully saturated rings. The zero-order valence-electron chi connectivity index (χ0n) is 11.1. The van der Waals surface area contributed by atoms with E-state index in [1.165, 1.54) is 31.7 Å². The van der Waals surface area contributed by atoms with Crippen LogP contribution in [0.1, 0.15) is 31.2 Å². The molecule has 1 aliphatic carbocycles. The predicted molar refractivity (Wildman–Crippen MR) is 74.1 cm³/mol. The van der Waals surface area contributed by atoms with E-state index in [-0.39, 0.29) is 11.4 Å². The first-order valence-electron chi connectivity index (χ1n) is 6.61. The number of anilines is 1. The topological polar surface area (TPSA) is 61.8 Å². The lowest BCUT2D eigenvalue weighted by atomic mass is 10.1. The summed E-state index contributed by atoms with van der Waals surface area (Å²) in [5.41, 5.74) is 6.42. The average Bonchev–Trinajstić information content (AvgIpc) is 2.90. The second-order valence-corrected chi connectivity index (χ2v) is 5.15. The van der Waals surface area contributed by atoms with Crippen molar-refractivity contribution in [1.29, 1.82) is 0 Å². The fraction of sp³-hybridized carbons (Fsp3) is 0.500. The largest absolute Gasteiger partial charge is 0.409 e. The second kappa shape index (κ2) is 5.91. The summed E-state index contributed by atoms with van der Waals surface area (Å²) >= 11 is 0. The fourth-order valence-electron chi connectivity index (χ4n) is 2.81. The smallest absolute Gasteiger partial charge is 0.175 e. The SMILES string of the molecule is CN(CC1CCCC1)c1cccc(F)c1C(N)=NO. The third kappa shape index (κ3) is 2.97. The van der Waals surface area contributed by atoms with Crippen molar-refractivity contribution in [3.63, 3.8) is 0 Å². The van der Waals surface area contributed by atoms with Crippen molar-refractivity contribution in [2.45, 2.75) is 25.7 Å². The molecule has 1 saturated carbocycles. The molecule has 1 aromatic rings. The minimum absolute atomic E-state index is 0.172. The number of oxime groups is 1. The van der Waals surface area contributed by atoms with Crippen molar-refractivity contribution < 1.29 is 9.60 Å². The Hall–Kier alpha value is -1.78. The molecule has 1 aromatic carbocycles. The lowest BCUT2D eigenvalue weighted by Gasteiger charge is -2.25. The molecule has 19 heavy (non-hydrogen) atoms. The van der Waals surface area contributed by atoms with Crippen LogP contribution in [0.4, 0.5) is 10.1 Å². The molecule has 0 heterocycles. The maximum Gasteiger partial charge on any atom is 0.175 e. The van der Waals surface area contributed by atoms with Gasteiger partial charge in [-0.25, -0.2) is 4.39 Å². The van der Waals surface area contributed by atoms with Crippen molar-refractivity contribution in [3.05, 3.63) is 29.6 Å². The van der Waals surface area contributed by atoms with Gasteiger partial charge in [-0.1, -0.05) is 24.1 Å². The number of hydrogen-bond donors (Lipinski definition) is 2. The van der Waals surface area contributed by atoms with Gasteiger partial charge in [0.25, 0.3) is 0 Å². The molecular formula is C14H20FN3O. The second-order valence-electron chi connectivity index (χ2n) is 5.15. The summed E-state index contributed by atoms with van der Waals surface area (Å²) in [6.45, 7) is 0.870. The van der Waals surface area contributed by atoms with Crippen molar-refractivity contribution in [1.82, 2.24) is 0 Å². The van der Waals surface area contributed by atoms with E-state index in [2.05, 4.69) is 5.16 Å². The molecule has 2 rings (SSSR count). The number of amidine groups is 1. The van der Waals surface area contributed by atoms with Crippen molar-refractivity contribution in [3.8, 4) is 0 Å². The first kappa shape index (κ1) is 13.6. The summed E-state index contributed by atoms with van der Waals surface area (Å²) in [6, 6.07) is 4.76. The first-order valence-corrected chi connectivity index (χ1v) is 6.61. The van der Waals surface area contributed by atoms with Crippen molar-refractivity contribution in [2.75, 3.05) is 18.5 Å².